The van der Waals surface area contributed by atoms with E-state index in [0.29, 0.717) is 5.69 Å². The van der Waals surface area contributed by atoms with E-state index in [1.165, 1.54) is 6.07 Å². The Balaban J connectivity index is 2.90. The molecule has 1 N–H and O–H groups in total. The van der Waals surface area contributed by atoms with Gasteiger partial charge in [-0.05, 0) is 32.4 Å². The third kappa shape index (κ3) is 3.77. The molecule has 0 aromatic carbocycles. The van der Waals surface area contributed by atoms with Gasteiger partial charge < -0.3 is 5.11 Å². The van der Waals surface area contributed by atoms with Gasteiger partial charge in [-0.15, -0.1) is 0 Å². The summed E-state index contributed by atoms with van der Waals surface area (Å²) in [5.74, 6) is -1.26. The van der Waals surface area contributed by atoms with Crippen molar-refractivity contribution in [3.8, 4) is 0 Å². The van der Waals surface area contributed by atoms with Crippen molar-refractivity contribution < 1.29 is 14.3 Å². The van der Waals surface area contributed by atoms with Crippen molar-refractivity contribution in [3.05, 3.63) is 29.8 Å². The number of aliphatic carboxylic acids is 1. The molecular weight excluding hydrogens is 235 g/mol. The summed E-state index contributed by atoms with van der Waals surface area (Å²) in [6, 6.07) is 2.91. The summed E-state index contributed by atoms with van der Waals surface area (Å²) in [6.07, 6.45) is 2.00. The summed E-state index contributed by atoms with van der Waals surface area (Å²) >= 11 is 0. The Hall–Kier alpha value is -1.49. The minimum absolute atomic E-state index is 0.0464. The summed E-state index contributed by atoms with van der Waals surface area (Å²) in [6.45, 7) is 5.82. The predicted octanol–water partition coefficient (Wildman–Crippen LogP) is 2.47. The number of halogens is 1. The maximum absolute atomic E-state index is 12.8. The topological polar surface area (TPSA) is 53.4 Å². The second kappa shape index (κ2) is 6.44. The molecule has 0 aliphatic rings. The van der Waals surface area contributed by atoms with Crippen molar-refractivity contribution in [1.82, 2.24) is 9.88 Å². The van der Waals surface area contributed by atoms with Crippen LogP contribution in [0, 0.1) is 5.82 Å². The first-order valence-electron chi connectivity index (χ1n) is 6.04. The zero-order valence-corrected chi connectivity index (χ0v) is 10.9. The smallest absolute Gasteiger partial charge is 0.317 e. The van der Waals surface area contributed by atoms with E-state index < -0.39 is 5.97 Å². The Bertz CT molecular complexity index is 394. The molecule has 0 bridgehead atoms. The molecule has 1 aromatic rings. The lowest BCUT2D eigenvalue weighted by Gasteiger charge is -2.32. The van der Waals surface area contributed by atoms with Gasteiger partial charge in [0.1, 0.15) is 5.82 Å². The summed E-state index contributed by atoms with van der Waals surface area (Å²) in [5.41, 5.74) is 0.679. The second-order valence-corrected chi connectivity index (χ2v) is 4.40. The minimum atomic E-state index is -0.871. The van der Waals surface area contributed by atoms with Crippen molar-refractivity contribution in [2.24, 2.45) is 0 Å². The van der Waals surface area contributed by atoms with Crippen LogP contribution in [-0.4, -0.2) is 33.5 Å². The standard InChI is InChI=1S/C13H19FN2O2/c1-4-9(2)16(8-13(17)18)10(3)12-6-5-11(14)7-15-12/h5-7,9-10H,4,8H2,1-3H3,(H,17,18). The summed E-state index contributed by atoms with van der Waals surface area (Å²) in [5, 5.41) is 8.95. The normalized spacial score (nSPS) is 14.5. The van der Waals surface area contributed by atoms with Crippen LogP contribution in [0.15, 0.2) is 18.3 Å². The van der Waals surface area contributed by atoms with Crippen molar-refractivity contribution in [3.63, 3.8) is 0 Å². The molecule has 0 aliphatic heterocycles. The van der Waals surface area contributed by atoms with Gasteiger partial charge in [0.25, 0.3) is 0 Å². The molecule has 0 spiro atoms. The van der Waals surface area contributed by atoms with Gasteiger partial charge in [0.2, 0.25) is 0 Å². The van der Waals surface area contributed by atoms with Crippen LogP contribution in [0.4, 0.5) is 4.39 Å². The number of carboxylic acids is 1. The molecule has 2 unspecified atom stereocenters. The molecule has 0 saturated heterocycles. The molecule has 0 radical (unpaired) electrons. The van der Waals surface area contributed by atoms with E-state index in [4.69, 9.17) is 5.11 Å². The van der Waals surface area contributed by atoms with Crippen molar-refractivity contribution in [1.29, 1.82) is 0 Å². The Morgan fingerprint density at radius 2 is 2.17 bits per heavy atom. The largest absolute Gasteiger partial charge is 0.480 e. The van der Waals surface area contributed by atoms with Gasteiger partial charge in [-0.1, -0.05) is 6.92 Å². The highest BCUT2D eigenvalue weighted by molar-refractivity contribution is 5.69. The molecule has 0 saturated carbocycles. The Morgan fingerprint density at radius 3 is 2.61 bits per heavy atom. The van der Waals surface area contributed by atoms with E-state index in [0.717, 1.165) is 12.6 Å². The number of hydrogen-bond donors (Lipinski definition) is 1. The molecular formula is C13H19FN2O2. The Labute approximate surface area is 106 Å². The molecule has 0 aliphatic carbocycles. The highest BCUT2D eigenvalue weighted by atomic mass is 19.1. The summed E-state index contributed by atoms with van der Waals surface area (Å²) in [4.78, 5) is 16.8. The molecule has 1 rings (SSSR count). The lowest BCUT2D eigenvalue weighted by molar-refractivity contribution is -0.139. The van der Waals surface area contributed by atoms with E-state index in [1.54, 1.807) is 6.07 Å². The number of carbonyl (C=O) groups is 1. The fourth-order valence-electron chi connectivity index (χ4n) is 1.87. The minimum Gasteiger partial charge on any atom is -0.480 e. The fraction of sp³-hybridized carbons (Fsp3) is 0.538. The van der Waals surface area contributed by atoms with Crippen LogP contribution in [0.2, 0.25) is 0 Å². The second-order valence-electron chi connectivity index (χ2n) is 4.40. The number of nitrogens with zero attached hydrogens (tertiary/aromatic N) is 2. The van der Waals surface area contributed by atoms with Crippen LogP contribution in [0.3, 0.4) is 0 Å². The summed E-state index contributed by atoms with van der Waals surface area (Å²) in [7, 11) is 0. The average Bonchev–Trinajstić information content (AvgIpc) is 2.35. The zero-order valence-electron chi connectivity index (χ0n) is 10.9. The number of rotatable bonds is 6. The molecule has 2 atom stereocenters. The van der Waals surface area contributed by atoms with Crippen LogP contribution < -0.4 is 0 Å². The van der Waals surface area contributed by atoms with Gasteiger partial charge in [0.15, 0.2) is 0 Å². The van der Waals surface area contributed by atoms with Crippen molar-refractivity contribution >= 4 is 5.97 Å². The Kier molecular flexibility index (Phi) is 5.22. The van der Waals surface area contributed by atoms with Gasteiger partial charge in [0, 0.05) is 6.04 Å². The molecule has 18 heavy (non-hydrogen) atoms. The first-order chi connectivity index (χ1) is 8.45. The molecule has 1 aromatic heterocycles. The first kappa shape index (κ1) is 14.6. The van der Waals surface area contributed by atoms with Crippen molar-refractivity contribution in [2.75, 3.05) is 6.54 Å². The maximum Gasteiger partial charge on any atom is 0.317 e. The predicted molar refractivity (Wildman–Crippen MR) is 66.7 cm³/mol. The van der Waals surface area contributed by atoms with E-state index in [9.17, 15) is 9.18 Å². The molecule has 0 amide bonds. The van der Waals surface area contributed by atoms with Crippen LogP contribution in [0.25, 0.3) is 0 Å². The SMILES string of the molecule is CCC(C)N(CC(=O)O)C(C)c1ccc(F)cn1. The molecule has 5 heteroatoms. The monoisotopic (exact) mass is 254 g/mol. The van der Waals surface area contributed by atoms with Crippen LogP contribution >= 0.6 is 0 Å². The Morgan fingerprint density at radius 1 is 1.50 bits per heavy atom. The fourth-order valence-corrected chi connectivity index (χ4v) is 1.87. The molecule has 100 valence electrons. The number of aromatic nitrogens is 1. The van der Waals surface area contributed by atoms with E-state index >= 15 is 0 Å². The number of hydrogen-bond acceptors (Lipinski definition) is 3. The van der Waals surface area contributed by atoms with Crippen LogP contribution in [0.5, 0.6) is 0 Å². The third-order valence-corrected chi connectivity index (χ3v) is 3.15. The molecule has 0 fully saturated rings. The zero-order chi connectivity index (χ0) is 13.7. The lowest BCUT2D eigenvalue weighted by Crippen LogP contribution is -2.39. The quantitative estimate of drug-likeness (QED) is 0.847. The summed E-state index contributed by atoms with van der Waals surface area (Å²) < 4.78 is 12.8. The van der Waals surface area contributed by atoms with Crippen molar-refractivity contribution in [2.45, 2.75) is 39.3 Å². The van der Waals surface area contributed by atoms with E-state index in [2.05, 4.69) is 4.98 Å². The third-order valence-electron chi connectivity index (χ3n) is 3.15. The number of carboxylic acid groups (broad SMARTS) is 1. The molecule has 4 nitrogen and oxygen atoms in total. The van der Waals surface area contributed by atoms with E-state index in [1.807, 2.05) is 25.7 Å². The highest BCUT2D eigenvalue weighted by Gasteiger charge is 2.23. The van der Waals surface area contributed by atoms with Gasteiger partial charge in [0.05, 0.1) is 24.5 Å². The average molecular weight is 254 g/mol. The van der Waals surface area contributed by atoms with Gasteiger partial charge in [-0.2, -0.15) is 0 Å². The van der Waals surface area contributed by atoms with Crippen LogP contribution in [-0.2, 0) is 4.79 Å². The lowest BCUT2D eigenvalue weighted by atomic mass is 10.1. The highest BCUT2D eigenvalue weighted by Crippen LogP contribution is 2.21. The van der Waals surface area contributed by atoms with Crippen LogP contribution in [0.1, 0.15) is 38.9 Å². The van der Waals surface area contributed by atoms with Gasteiger partial charge in [-0.3, -0.25) is 14.7 Å². The van der Waals surface area contributed by atoms with Gasteiger partial charge >= 0.3 is 5.97 Å². The first-order valence-corrected chi connectivity index (χ1v) is 6.04. The molecule has 1 heterocycles. The van der Waals surface area contributed by atoms with E-state index in [-0.39, 0.29) is 24.4 Å². The number of pyridine rings is 1. The maximum atomic E-state index is 12.8. The van der Waals surface area contributed by atoms with Gasteiger partial charge in [-0.25, -0.2) is 4.39 Å².